The normalized spacial score (nSPS) is 29.6. The molecule has 0 aromatic heterocycles. The third-order valence-electron chi connectivity index (χ3n) is 5.94. The minimum absolute atomic E-state index is 0.0340. The minimum atomic E-state index is -1.06. The van der Waals surface area contributed by atoms with E-state index in [4.69, 9.17) is 0 Å². The molecular weight excluding hydrogens is 358 g/mol. The smallest absolute Gasteiger partial charge is 0.255 e. The van der Waals surface area contributed by atoms with Crippen LogP contribution in [0.3, 0.4) is 0 Å². The number of imide groups is 1. The lowest BCUT2D eigenvalue weighted by molar-refractivity contribution is -0.136. The maximum atomic E-state index is 14.7. The summed E-state index contributed by atoms with van der Waals surface area (Å²) in [5.41, 5.74) is 0.648. The summed E-state index contributed by atoms with van der Waals surface area (Å²) in [6, 6.07) is 0.597. The first-order valence-corrected chi connectivity index (χ1v) is 9.09. The van der Waals surface area contributed by atoms with Crippen molar-refractivity contribution in [3.63, 3.8) is 0 Å². The summed E-state index contributed by atoms with van der Waals surface area (Å²) in [5.74, 6) is -3.43. The van der Waals surface area contributed by atoms with Gasteiger partial charge >= 0.3 is 0 Å². The van der Waals surface area contributed by atoms with Crippen molar-refractivity contribution < 1.29 is 23.2 Å². The van der Waals surface area contributed by atoms with Crippen LogP contribution in [0.5, 0.6) is 0 Å². The third-order valence-corrected chi connectivity index (χ3v) is 5.94. The summed E-state index contributed by atoms with van der Waals surface area (Å²) in [6.07, 6.45) is 1.35. The van der Waals surface area contributed by atoms with Crippen LogP contribution in [0.15, 0.2) is 6.07 Å². The Balaban J connectivity index is 1.51. The van der Waals surface area contributed by atoms with Crippen molar-refractivity contribution in [2.24, 2.45) is 0 Å². The number of carbonyl (C=O) groups is 3. The van der Waals surface area contributed by atoms with Gasteiger partial charge in [0.25, 0.3) is 5.91 Å². The number of piperidine rings is 2. The van der Waals surface area contributed by atoms with E-state index in [0.29, 0.717) is 18.7 Å². The molecule has 9 heteroatoms. The highest BCUT2D eigenvalue weighted by molar-refractivity contribution is 6.06. The molecule has 5 heterocycles. The van der Waals surface area contributed by atoms with Crippen molar-refractivity contribution in [3.05, 3.63) is 28.8 Å². The average molecular weight is 376 g/mol. The van der Waals surface area contributed by atoms with Crippen LogP contribution in [0.25, 0.3) is 0 Å². The van der Waals surface area contributed by atoms with Crippen molar-refractivity contribution >= 4 is 23.4 Å². The van der Waals surface area contributed by atoms with E-state index in [0.717, 1.165) is 12.5 Å². The van der Waals surface area contributed by atoms with E-state index in [1.54, 1.807) is 4.90 Å². The largest absolute Gasteiger partial charge is 0.366 e. The number of carbonyl (C=O) groups excluding carboxylic acids is 3. The summed E-state index contributed by atoms with van der Waals surface area (Å²) in [5, 5.41) is 5.57. The second-order valence-corrected chi connectivity index (χ2v) is 7.65. The number of piperazine rings is 1. The molecule has 0 spiro atoms. The summed E-state index contributed by atoms with van der Waals surface area (Å²) >= 11 is 0. The van der Waals surface area contributed by atoms with Gasteiger partial charge in [0.15, 0.2) is 11.6 Å². The SMILES string of the molecule is O=C1CCC(N2Cc3c(cc(F)c(F)c3N3CC4CC(C3)N4)C2=O)C(=O)N1. The van der Waals surface area contributed by atoms with E-state index in [9.17, 15) is 23.2 Å². The van der Waals surface area contributed by atoms with Crippen molar-refractivity contribution in [3.8, 4) is 0 Å². The average Bonchev–Trinajstić information content (AvgIpc) is 2.92. The quantitative estimate of drug-likeness (QED) is 0.725. The number of hydrogen-bond donors (Lipinski definition) is 2. The monoisotopic (exact) mass is 376 g/mol. The standard InChI is InChI=1S/C18H18F2N4O3/c19-12-4-10-11(16(15(12)20)23-5-8-3-9(6-23)21-8)7-24(18(10)27)13-1-2-14(25)22-17(13)26/h4,8-9,13,21H,1-3,5-7H2,(H,22,25,26). The van der Waals surface area contributed by atoms with Crippen LogP contribution >= 0.6 is 0 Å². The molecule has 0 aliphatic carbocycles. The van der Waals surface area contributed by atoms with Gasteiger partial charge in [-0.3, -0.25) is 19.7 Å². The van der Waals surface area contributed by atoms with Crippen LogP contribution in [0.4, 0.5) is 14.5 Å². The summed E-state index contributed by atoms with van der Waals surface area (Å²) in [4.78, 5) is 39.5. The molecule has 27 heavy (non-hydrogen) atoms. The molecule has 1 aromatic rings. The number of amides is 3. The van der Waals surface area contributed by atoms with Gasteiger partial charge in [0.2, 0.25) is 11.8 Å². The van der Waals surface area contributed by atoms with Crippen LogP contribution < -0.4 is 15.5 Å². The van der Waals surface area contributed by atoms with E-state index in [1.807, 2.05) is 0 Å². The highest BCUT2D eigenvalue weighted by Crippen LogP contribution is 2.39. The molecule has 2 bridgehead atoms. The highest BCUT2D eigenvalue weighted by Gasteiger charge is 2.44. The van der Waals surface area contributed by atoms with Crippen LogP contribution in [0, 0.1) is 11.6 Å². The van der Waals surface area contributed by atoms with Crippen molar-refractivity contribution in [2.75, 3.05) is 18.0 Å². The van der Waals surface area contributed by atoms with E-state index in [2.05, 4.69) is 10.6 Å². The van der Waals surface area contributed by atoms with E-state index >= 15 is 0 Å². The maximum Gasteiger partial charge on any atom is 0.255 e. The molecule has 1 aromatic carbocycles. The number of anilines is 1. The zero-order chi connectivity index (χ0) is 18.9. The van der Waals surface area contributed by atoms with E-state index in [1.165, 1.54) is 4.90 Å². The first kappa shape index (κ1) is 16.6. The van der Waals surface area contributed by atoms with Crippen LogP contribution in [0.1, 0.15) is 35.2 Å². The zero-order valence-electron chi connectivity index (χ0n) is 14.4. The van der Waals surface area contributed by atoms with Gasteiger partial charge in [-0.1, -0.05) is 0 Å². The Hall–Kier alpha value is -2.55. The maximum absolute atomic E-state index is 14.7. The van der Waals surface area contributed by atoms with Crippen molar-refractivity contribution in [1.29, 1.82) is 0 Å². The summed E-state index contributed by atoms with van der Waals surface area (Å²) in [7, 11) is 0. The molecule has 2 N–H and O–H groups in total. The highest BCUT2D eigenvalue weighted by atomic mass is 19.2. The lowest BCUT2D eigenvalue weighted by Gasteiger charge is -2.49. The van der Waals surface area contributed by atoms with Crippen LogP contribution in [0.2, 0.25) is 0 Å². The second-order valence-electron chi connectivity index (χ2n) is 7.65. The van der Waals surface area contributed by atoms with Gasteiger partial charge < -0.3 is 15.1 Å². The molecule has 0 saturated carbocycles. The van der Waals surface area contributed by atoms with Gasteiger partial charge in [-0.05, 0) is 18.9 Å². The molecule has 5 aliphatic rings. The number of benzene rings is 1. The molecule has 0 radical (unpaired) electrons. The number of fused-ring (bicyclic) bond motifs is 3. The number of rotatable bonds is 2. The minimum Gasteiger partial charge on any atom is -0.366 e. The van der Waals surface area contributed by atoms with Gasteiger partial charge in [-0.2, -0.15) is 0 Å². The Morgan fingerprint density at radius 1 is 1.11 bits per heavy atom. The number of nitrogens with one attached hydrogen (secondary N) is 2. The number of nitrogens with zero attached hydrogens (tertiary/aromatic N) is 2. The molecule has 6 rings (SSSR count). The Morgan fingerprint density at radius 3 is 2.48 bits per heavy atom. The lowest BCUT2D eigenvalue weighted by atomic mass is 9.90. The third kappa shape index (κ3) is 2.44. The number of hydrogen-bond acceptors (Lipinski definition) is 5. The summed E-state index contributed by atoms with van der Waals surface area (Å²) < 4.78 is 29.0. The Kier molecular flexibility index (Phi) is 3.52. The summed E-state index contributed by atoms with van der Waals surface area (Å²) in [6.45, 7) is 1.14. The molecular formula is C18H18F2N4O3. The van der Waals surface area contributed by atoms with Gasteiger partial charge in [0.1, 0.15) is 6.04 Å². The number of halogens is 2. The molecule has 7 nitrogen and oxygen atoms in total. The molecule has 142 valence electrons. The van der Waals surface area contributed by atoms with E-state index in [-0.39, 0.29) is 48.6 Å². The fourth-order valence-corrected chi connectivity index (χ4v) is 4.66. The molecule has 3 unspecified atom stereocenters. The fourth-order valence-electron chi connectivity index (χ4n) is 4.66. The van der Waals surface area contributed by atoms with Crippen molar-refractivity contribution in [1.82, 2.24) is 15.5 Å². The fraction of sp³-hybridized carbons (Fsp3) is 0.500. The molecule has 3 amide bonds. The second kappa shape index (κ2) is 5.72. The zero-order valence-corrected chi connectivity index (χ0v) is 14.4. The first-order chi connectivity index (χ1) is 12.9. The Labute approximate surface area is 153 Å². The van der Waals surface area contributed by atoms with Crippen LogP contribution in [-0.2, 0) is 16.1 Å². The van der Waals surface area contributed by atoms with Gasteiger partial charge in [-0.25, -0.2) is 8.78 Å². The van der Waals surface area contributed by atoms with Gasteiger partial charge in [0, 0.05) is 49.3 Å². The van der Waals surface area contributed by atoms with Crippen molar-refractivity contribution in [2.45, 2.75) is 43.9 Å². The molecule has 4 fully saturated rings. The lowest BCUT2D eigenvalue weighted by Crippen LogP contribution is -2.67. The predicted octanol–water partition coefficient (Wildman–Crippen LogP) is 0.276. The van der Waals surface area contributed by atoms with Crippen LogP contribution in [-0.4, -0.2) is 53.8 Å². The Bertz CT molecular complexity index is 874. The van der Waals surface area contributed by atoms with E-state index < -0.39 is 29.5 Å². The molecule has 5 aliphatic heterocycles. The first-order valence-electron chi connectivity index (χ1n) is 9.09. The predicted molar refractivity (Wildman–Crippen MR) is 89.9 cm³/mol. The topological polar surface area (TPSA) is 81.8 Å². The Morgan fingerprint density at radius 2 is 1.81 bits per heavy atom. The molecule has 4 saturated heterocycles. The van der Waals surface area contributed by atoms with Gasteiger partial charge in [0.05, 0.1) is 5.69 Å². The van der Waals surface area contributed by atoms with Gasteiger partial charge in [-0.15, -0.1) is 0 Å². The molecule has 3 atom stereocenters.